The van der Waals surface area contributed by atoms with Crippen molar-refractivity contribution in [3.8, 4) is 0 Å². The zero-order valence-corrected chi connectivity index (χ0v) is 6.33. The topological polar surface area (TPSA) is 8.81 Å². The van der Waals surface area contributed by atoms with Crippen LogP contribution in [-0.2, 0) is 0 Å². The van der Waals surface area contributed by atoms with Crippen LogP contribution in [0.15, 0.2) is 31.9 Å². The molecule has 1 aromatic heterocycles. The van der Waals surface area contributed by atoms with Crippen molar-refractivity contribution in [2.75, 3.05) is 0 Å². The zero-order chi connectivity index (χ0) is 6.69. The Balaban J connectivity index is 0.000000810. The van der Waals surface area contributed by atoms with Crippen molar-refractivity contribution in [3.05, 3.63) is 31.9 Å². The normalized spacial score (nSPS) is 8.00. The van der Waals surface area contributed by atoms with Gasteiger partial charge in [0.05, 0.1) is 12.4 Å². The molecule has 0 bridgehead atoms. The number of nitrogens with zero attached hydrogens (tertiary/aromatic N) is 2. The lowest BCUT2D eigenvalue weighted by Crippen LogP contribution is -3.00. The summed E-state index contributed by atoms with van der Waals surface area (Å²) in [6.45, 7) is 7.19. The van der Waals surface area contributed by atoms with E-state index in [0.29, 0.717) is 0 Å². The molecule has 0 aromatic carbocycles. The Labute approximate surface area is 66.5 Å². The first-order valence-corrected chi connectivity index (χ1v) is 2.70. The van der Waals surface area contributed by atoms with Crippen LogP contribution >= 0.6 is 0 Å². The first-order valence-electron chi connectivity index (χ1n) is 2.70. The predicted molar refractivity (Wildman–Crippen MR) is 37.4 cm³/mol. The lowest BCUT2D eigenvalue weighted by atomic mass is 10.8. The molecule has 0 saturated heterocycles. The van der Waals surface area contributed by atoms with E-state index in [1.54, 1.807) is 12.4 Å². The SMILES string of the molecule is C=Cn1cc[n+](C=C)c1.[Cl-]. The van der Waals surface area contributed by atoms with Crippen molar-refractivity contribution in [1.82, 2.24) is 4.57 Å². The summed E-state index contributed by atoms with van der Waals surface area (Å²) in [6.07, 6.45) is 9.11. The summed E-state index contributed by atoms with van der Waals surface area (Å²) >= 11 is 0. The average Bonchev–Trinajstić information content (AvgIpc) is 2.34. The first-order chi connectivity index (χ1) is 4.36. The van der Waals surface area contributed by atoms with E-state index in [4.69, 9.17) is 0 Å². The molecule has 0 unspecified atom stereocenters. The molecular weight excluding hydrogens is 148 g/mol. The molecule has 2 nitrogen and oxygen atoms in total. The fourth-order valence-electron chi connectivity index (χ4n) is 0.601. The largest absolute Gasteiger partial charge is 1.00 e. The smallest absolute Gasteiger partial charge is 0.253 e. The fraction of sp³-hybridized carbons (Fsp3) is 0. The minimum absolute atomic E-state index is 0. The Hall–Kier alpha value is -1.02. The maximum atomic E-state index is 3.59. The number of hydrogen-bond acceptors (Lipinski definition) is 0. The summed E-state index contributed by atoms with van der Waals surface area (Å²) in [5.74, 6) is 0. The Kier molecular flexibility index (Phi) is 3.51. The summed E-state index contributed by atoms with van der Waals surface area (Å²) in [5.41, 5.74) is 0. The summed E-state index contributed by atoms with van der Waals surface area (Å²) < 4.78 is 3.70. The van der Waals surface area contributed by atoms with Gasteiger partial charge in [0.25, 0.3) is 6.33 Å². The van der Waals surface area contributed by atoms with Gasteiger partial charge in [-0.2, -0.15) is 0 Å². The number of imidazole rings is 1. The number of hydrogen-bond donors (Lipinski definition) is 0. The van der Waals surface area contributed by atoms with Gasteiger partial charge in [-0.1, -0.05) is 13.2 Å². The molecule has 0 atom stereocenters. The van der Waals surface area contributed by atoms with Crippen LogP contribution in [0, 0.1) is 0 Å². The zero-order valence-electron chi connectivity index (χ0n) is 5.57. The van der Waals surface area contributed by atoms with Crippen LogP contribution in [0.5, 0.6) is 0 Å². The van der Waals surface area contributed by atoms with E-state index in [0.717, 1.165) is 0 Å². The standard InChI is InChI=1S/C7H9N2.ClH/c1-3-8-5-6-9(4-2)7-8;/h3-7H,1-2H2;1H/q+1;/p-1. The molecule has 0 saturated carbocycles. The monoisotopic (exact) mass is 156 g/mol. The van der Waals surface area contributed by atoms with Gasteiger partial charge in [-0.15, -0.1) is 0 Å². The molecule has 1 heterocycles. The summed E-state index contributed by atoms with van der Waals surface area (Å²) in [5, 5.41) is 0. The average molecular weight is 157 g/mol. The van der Waals surface area contributed by atoms with E-state index >= 15 is 0 Å². The minimum atomic E-state index is 0. The first kappa shape index (κ1) is 8.98. The van der Waals surface area contributed by atoms with Crippen LogP contribution in [0.3, 0.4) is 0 Å². The van der Waals surface area contributed by atoms with Gasteiger partial charge in [0.2, 0.25) is 0 Å². The molecule has 1 aromatic rings. The summed E-state index contributed by atoms with van der Waals surface area (Å²) in [4.78, 5) is 0. The Morgan fingerprint density at radius 3 is 2.40 bits per heavy atom. The van der Waals surface area contributed by atoms with Gasteiger partial charge in [0.15, 0.2) is 0 Å². The fourth-order valence-corrected chi connectivity index (χ4v) is 0.601. The molecule has 0 fully saturated rings. The van der Waals surface area contributed by atoms with E-state index in [1.165, 1.54) is 0 Å². The second-order valence-corrected chi connectivity index (χ2v) is 1.67. The molecule has 0 aliphatic carbocycles. The van der Waals surface area contributed by atoms with E-state index < -0.39 is 0 Å². The van der Waals surface area contributed by atoms with E-state index in [2.05, 4.69) is 13.2 Å². The van der Waals surface area contributed by atoms with Crippen molar-refractivity contribution in [2.24, 2.45) is 0 Å². The third-order valence-electron chi connectivity index (χ3n) is 1.10. The molecule has 10 heavy (non-hydrogen) atoms. The van der Waals surface area contributed by atoms with Crippen LogP contribution in [0.25, 0.3) is 12.4 Å². The van der Waals surface area contributed by atoms with Gasteiger partial charge in [0, 0.05) is 0 Å². The van der Waals surface area contributed by atoms with Crippen LogP contribution < -0.4 is 17.0 Å². The highest BCUT2D eigenvalue weighted by molar-refractivity contribution is 5.13. The van der Waals surface area contributed by atoms with Crippen LogP contribution in [0.1, 0.15) is 0 Å². The Morgan fingerprint density at radius 2 is 2.10 bits per heavy atom. The lowest BCUT2D eigenvalue weighted by molar-refractivity contribution is -0.566. The van der Waals surface area contributed by atoms with Crippen LogP contribution in [0.4, 0.5) is 0 Å². The quantitative estimate of drug-likeness (QED) is 0.438. The van der Waals surface area contributed by atoms with Gasteiger partial charge in [-0.25, -0.2) is 9.13 Å². The second kappa shape index (κ2) is 3.90. The maximum Gasteiger partial charge on any atom is 0.253 e. The summed E-state index contributed by atoms with van der Waals surface area (Å²) in [7, 11) is 0. The van der Waals surface area contributed by atoms with Gasteiger partial charge in [-0.05, 0) is 0 Å². The second-order valence-electron chi connectivity index (χ2n) is 1.67. The molecular formula is C7H9ClN2. The highest BCUT2D eigenvalue weighted by atomic mass is 35.5. The Bertz CT molecular complexity index is 205. The highest BCUT2D eigenvalue weighted by Crippen LogP contribution is 1.81. The molecule has 54 valence electrons. The number of aromatic nitrogens is 2. The predicted octanol–water partition coefficient (Wildman–Crippen LogP) is -2.02. The van der Waals surface area contributed by atoms with Crippen molar-refractivity contribution in [3.63, 3.8) is 0 Å². The highest BCUT2D eigenvalue weighted by Gasteiger charge is 1.92. The van der Waals surface area contributed by atoms with Crippen molar-refractivity contribution < 1.29 is 17.0 Å². The van der Waals surface area contributed by atoms with Crippen LogP contribution in [0.2, 0.25) is 0 Å². The van der Waals surface area contributed by atoms with Crippen molar-refractivity contribution in [1.29, 1.82) is 0 Å². The van der Waals surface area contributed by atoms with Gasteiger partial charge in [0.1, 0.15) is 12.4 Å². The van der Waals surface area contributed by atoms with E-state index in [-0.39, 0.29) is 12.4 Å². The van der Waals surface area contributed by atoms with Gasteiger partial charge < -0.3 is 12.4 Å². The summed E-state index contributed by atoms with van der Waals surface area (Å²) in [6, 6.07) is 0. The van der Waals surface area contributed by atoms with Crippen molar-refractivity contribution >= 4 is 12.4 Å². The van der Waals surface area contributed by atoms with E-state index in [1.807, 2.05) is 27.9 Å². The molecule has 0 N–H and O–H groups in total. The van der Waals surface area contributed by atoms with E-state index in [9.17, 15) is 0 Å². The Morgan fingerprint density at radius 1 is 1.40 bits per heavy atom. The molecule has 3 heteroatoms. The van der Waals surface area contributed by atoms with Gasteiger partial charge in [-0.3, -0.25) is 0 Å². The molecule has 1 rings (SSSR count). The van der Waals surface area contributed by atoms with Crippen molar-refractivity contribution in [2.45, 2.75) is 0 Å². The molecule has 0 amide bonds. The molecule has 0 aliphatic heterocycles. The maximum absolute atomic E-state index is 3.59. The van der Waals surface area contributed by atoms with Gasteiger partial charge >= 0.3 is 0 Å². The third-order valence-corrected chi connectivity index (χ3v) is 1.10. The molecule has 0 radical (unpaired) electrons. The van der Waals surface area contributed by atoms with Crippen LogP contribution in [-0.4, -0.2) is 4.57 Å². The molecule has 0 spiro atoms. The third kappa shape index (κ3) is 1.74. The lowest BCUT2D eigenvalue weighted by Gasteiger charge is -1.76. The number of halogens is 1. The number of rotatable bonds is 2. The minimum Gasteiger partial charge on any atom is -1.00 e. The molecule has 0 aliphatic rings.